The first-order valence-electron chi connectivity index (χ1n) is 6.11. The van der Waals surface area contributed by atoms with E-state index in [9.17, 15) is 18.0 Å². The fourth-order valence-corrected chi connectivity index (χ4v) is 1.61. The van der Waals surface area contributed by atoms with Gasteiger partial charge in [-0.1, -0.05) is 12.1 Å². The molecule has 0 bridgehead atoms. The Hall–Kier alpha value is -1.92. The Balaban J connectivity index is 2.29. The van der Waals surface area contributed by atoms with Crippen LogP contribution in [0.25, 0.3) is 0 Å². The lowest BCUT2D eigenvalue weighted by Gasteiger charge is -2.16. The summed E-state index contributed by atoms with van der Waals surface area (Å²) in [4.78, 5) is 11.4. The van der Waals surface area contributed by atoms with Gasteiger partial charge in [-0.25, -0.2) is 0 Å². The average Bonchev–Trinajstić information content (AvgIpc) is 2.28. The summed E-state index contributed by atoms with van der Waals surface area (Å²) in [6.07, 6.45) is -5.37. The lowest BCUT2D eigenvalue weighted by atomic mass is 10.2. The quantitative estimate of drug-likeness (QED) is 0.791. The molecule has 0 saturated carbocycles. The summed E-state index contributed by atoms with van der Waals surface area (Å²) < 4.78 is 41.5. The van der Waals surface area contributed by atoms with Crippen molar-refractivity contribution in [1.29, 1.82) is 0 Å². The van der Waals surface area contributed by atoms with Crippen molar-refractivity contribution in [1.82, 2.24) is 5.32 Å². The van der Waals surface area contributed by atoms with E-state index in [0.29, 0.717) is 11.4 Å². The zero-order valence-electron chi connectivity index (χ0n) is 11.0. The van der Waals surface area contributed by atoms with Gasteiger partial charge in [-0.15, -0.1) is 0 Å². The number of para-hydroxylation sites is 2. The highest BCUT2D eigenvalue weighted by molar-refractivity contribution is 5.76. The standard InChI is InChI=1S/C13H17F3N2O2/c1-9(8-13(14,15)16)18-12(19)6-7-20-11-5-3-2-4-10(11)17/h2-5,9H,6-8,17H2,1H3,(H,18,19). The Labute approximate surface area is 115 Å². The average molecular weight is 290 g/mol. The smallest absolute Gasteiger partial charge is 0.391 e. The number of carbonyl (C=O) groups excluding carboxylic acids is 1. The third-order valence-electron chi connectivity index (χ3n) is 2.45. The molecule has 1 aromatic rings. The van der Waals surface area contributed by atoms with Crippen LogP contribution in [-0.4, -0.2) is 24.7 Å². The predicted molar refractivity (Wildman–Crippen MR) is 69.2 cm³/mol. The fourth-order valence-electron chi connectivity index (χ4n) is 1.61. The molecule has 112 valence electrons. The van der Waals surface area contributed by atoms with Crippen molar-refractivity contribution in [2.75, 3.05) is 12.3 Å². The number of rotatable bonds is 6. The van der Waals surface area contributed by atoms with Crippen LogP contribution in [0.15, 0.2) is 24.3 Å². The van der Waals surface area contributed by atoms with Crippen LogP contribution >= 0.6 is 0 Å². The van der Waals surface area contributed by atoms with E-state index in [1.54, 1.807) is 24.3 Å². The first-order valence-corrected chi connectivity index (χ1v) is 6.11. The van der Waals surface area contributed by atoms with Crippen LogP contribution in [0.3, 0.4) is 0 Å². The molecule has 0 saturated heterocycles. The molecule has 1 unspecified atom stereocenters. The first kappa shape index (κ1) is 16.1. The molecule has 0 aliphatic carbocycles. The molecule has 0 aliphatic rings. The summed E-state index contributed by atoms with van der Waals surface area (Å²) in [5.41, 5.74) is 6.08. The Morgan fingerprint density at radius 2 is 2.05 bits per heavy atom. The molecule has 7 heteroatoms. The van der Waals surface area contributed by atoms with E-state index in [2.05, 4.69) is 5.32 Å². The third kappa shape index (κ3) is 6.31. The number of nitrogens with one attached hydrogen (secondary N) is 1. The first-order chi connectivity index (χ1) is 9.28. The highest BCUT2D eigenvalue weighted by Gasteiger charge is 2.30. The monoisotopic (exact) mass is 290 g/mol. The summed E-state index contributed by atoms with van der Waals surface area (Å²) >= 11 is 0. The molecule has 3 N–H and O–H groups in total. The van der Waals surface area contributed by atoms with Gasteiger partial charge in [-0.05, 0) is 19.1 Å². The van der Waals surface area contributed by atoms with Crippen molar-refractivity contribution in [3.63, 3.8) is 0 Å². The van der Waals surface area contributed by atoms with Gasteiger partial charge in [0.15, 0.2) is 0 Å². The molecule has 0 aliphatic heterocycles. The molecule has 0 radical (unpaired) electrons. The van der Waals surface area contributed by atoms with E-state index >= 15 is 0 Å². The Morgan fingerprint density at radius 1 is 1.40 bits per heavy atom. The van der Waals surface area contributed by atoms with Crippen molar-refractivity contribution in [3.8, 4) is 5.75 Å². The van der Waals surface area contributed by atoms with E-state index in [1.807, 2.05) is 0 Å². The summed E-state index contributed by atoms with van der Waals surface area (Å²) in [7, 11) is 0. The number of ether oxygens (including phenoxy) is 1. The molecule has 0 aromatic heterocycles. The minimum Gasteiger partial charge on any atom is -0.491 e. The number of nitrogen functional groups attached to an aromatic ring is 1. The number of benzene rings is 1. The lowest BCUT2D eigenvalue weighted by Crippen LogP contribution is -2.36. The van der Waals surface area contributed by atoms with Gasteiger partial charge in [0, 0.05) is 6.04 Å². The minimum absolute atomic E-state index is 0.0312. The molecule has 0 fully saturated rings. The molecule has 1 rings (SSSR count). The van der Waals surface area contributed by atoms with Gasteiger partial charge in [0.05, 0.1) is 25.1 Å². The van der Waals surface area contributed by atoms with Crippen molar-refractivity contribution >= 4 is 11.6 Å². The number of amides is 1. The van der Waals surface area contributed by atoms with Crippen LogP contribution in [0.2, 0.25) is 0 Å². The number of alkyl halides is 3. The van der Waals surface area contributed by atoms with Crippen molar-refractivity contribution in [2.45, 2.75) is 32.0 Å². The van der Waals surface area contributed by atoms with Crippen molar-refractivity contribution < 1.29 is 22.7 Å². The zero-order valence-corrected chi connectivity index (χ0v) is 11.0. The molecular weight excluding hydrogens is 273 g/mol. The summed E-state index contributed by atoms with van der Waals surface area (Å²) in [5.74, 6) is -0.0418. The maximum absolute atomic E-state index is 12.1. The molecule has 1 amide bonds. The number of carbonyl (C=O) groups is 1. The van der Waals surface area contributed by atoms with E-state index in [0.717, 1.165) is 0 Å². The number of anilines is 1. The van der Waals surface area contributed by atoms with Gasteiger partial charge in [0.1, 0.15) is 5.75 Å². The SMILES string of the molecule is CC(CC(F)(F)F)NC(=O)CCOc1ccccc1N. The zero-order chi connectivity index (χ0) is 15.2. The van der Waals surface area contributed by atoms with Gasteiger partial charge < -0.3 is 15.8 Å². The number of halogens is 3. The predicted octanol–water partition coefficient (Wildman–Crippen LogP) is 2.49. The van der Waals surface area contributed by atoms with Crippen LogP contribution < -0.4 is 15.8 Å². The largest absolute Gasteiger partial charge is 0.491 e. The van der Waals surface area contributed by atoms with Gasteiger partial charge in [0.2, 0.25) is 5.91 Å². The highest BCUT2D eigenvalue weighted by atomic mass is 19.4. The number of hydrogen-bond acceptors (Lipinski definition) is 3. The molecule has 1 aromatic carbocycles. The second-order valence-electron chi connectivity index (χ2n) is 4.42. The van der Waals surface area contributed by atoms with E-state index in [1.165, 1.54) is 6.92 Å². The van der Waals surface area contributed by atoms with Crippen LogP contribution in [0.1, 0.15) is 19.8 Å². The van der Waals surface area contributed by atoms with Crippen molar-refractivity contribution in [3.05, 3.63) is 24.3 Å². The lowest BCUT2D eigenvalue weighted by molar-refractivity contribution is -0.141. The van der Waals surface area contributed by atoms with Gasteiger partial charge in [0.25, 0.3) is 0 Å². The maximum atomic E-state index is 12.1. The third-order valence-corrected chi connectivity index (χ3v) is 2.45. The molecule has 0 spiro atoms. The van der Waals surface area contributed by atoms with E-state index in [-0.39, 0.29) is 13.0 Å². The molecule has 4 nitrogen and oxygen atoms in total. The molecule has 20 heavy (non-hydrogen) atoms. The van der Waals surface area contributed by atoms with Gasteiger partial charge in [-0.2, -0.15) is 13.2 Å². The number of hydrogen-bond donors (Lipinski definition) is 2. The maximum Gasteiger partial charge on any atom is 0.391 e. The minimum atomic E-state index is -4.29. The van der Waals surface area contributed by atoms with Gasteiger partial charge in [-0.3, -0.25) is 4.79 Å². The molecule has 1 atom stereocenters. The topological polar surface area (TPSA) is 64.3 Å². The molecule has 0 heterocycles. The summed E-state index contributed by atoms with van der Waals surface area (Å²) in [6.45, 7) is 1.36. The Kier molecular flexibility index (Phi) is 5.66. The fraction of sp³-hybridized carbons (Fsp3) is 0.462. The van der Waals surface area contributed by atoms with E-state index < -0.39 is 24.5 Å². The molecular formula is C13H17F3N2O2. The second kappa shape index (κ2) is 7.02. The van der Waals surface area contributed by atoms with Crippen LogP contribution in [-0.2, 0) is 4.79 Å². The highest BCUT2D eigenvalue weighted by Crippen LogP contribution is 2.21. The number of nitrogens with two attached hydrogens (primary N) is 1. The van der Waals surface area contributed by atoms with Crippen LogP contribution in [0, 0.1) is 0 Å². The van der Waals surface area contributed by atoms with Gasteiger partial charge >= 0.3 is 6.18 Å². The van der Waals surface area contributed by atoms with E-state index in [4.69, 9.17) is 10.5 Å². The Bertz CT molecular complexity index is 449. The summed E-state index contributed by atoms with van der Waals surface area (Å²) in [6, 6.07) is 5.83. The Morgan fingerprint density at radius 3 is 2.65 bits per heavy atom. The second-order valence-corrected chi connectivity index (χ2v) is 4.42. The van der Waals surface area contributed by atoms with Crippen LogP contribution in [0.4, 0.5) is 18.9 Å². The summed E-state index contributed by atoms with van der Waals surface area (Å²) in [5, 5.41) is 2.27. The van der Waals surface area contributed by atoms with Crippen LogP contribution in [0.5, 0.6) is 5.75 Å². The van der Waals surface area contributed by atoms with Crippen molar-refractivity contribution in [2.24, 2.45) is 0 Å². The normalized spacial score (nSPS) is 12.8.